The molecule has 1 atom stereocenters. The van der Waals surface area contributed by atoms with Crippen molar-refractivity contribution >= 4 is 23.4 Å². The number of hydrogen-bond donors (Lipinski definition) is 3. The van der Waals surface area contributed by atoms with Crippen molar-refractivity contribution in [2.75, 3.05) is 24.1 Å². The van der Waals surface area contributed by atoms with E-state index in [1.165, 1.54) is 0 Å². The Labute approximate surface area is 199 Å². The third-order valence-electron chi connectivity index (χ3n) is 6.86. The molecule has 0 bridgehead atoms. The molecule has 1 aromatic carbocycles. The van der Waals surface area contributed by atoms with Gasteiger partial charge in [-0.15, -0.1) is 0 Å². The smallest absolute Gasteiger partial charge is 0.332 e. The minimum Gasteiger partial charge on any atom is -0.378 e. The number of aromatic nitrogens is 2. The minimum atomic E-state index is -0.708. The summed E-state index contributed by atoms with van der Waals surface area (Å²) in [5.74, 6) is 0.127. The fourth-order valence-electron chi connectivity index (χ4n) is 4.95. The third kappa shape index (κ3) is 5.61. The number of nitrogens with zero attached hydrogens (tertiary/aromatic N) is 4. The Balaban J connectivity index is 1.63. The van der Waals surface area contributed by atoms with Crippen LogP contribution < -0.4 is 16.8 Å². The fourth-order valence-corrected chi connectivity index (χ4v) is 4.95. The van der Waals surface area contributed by atoms with Crippen LogP contribution in [-0.4, -0.2) is 44.8 Å². The zero-order valence-corrected chi connectivity index (χ0v) is 19.4. The summed E-state index contributed by atoms with van der Waals surface area (Å²) >= 11 is 0. The van der Waals surface area contributed by atoms with Gasteiger partial charge in [0, 0.05) is 19.1 Å². The van der Waals surface area contributed by atoms with Crippen LogP contribution in [-0.2, 0) is 11.2 Å². The highest BCUT2D eigenvalue weighted by atomic mass is 16.6. The quantitative estimate of drug-likeness (QED) is 0.414. The molecule has 1 amide bonds. The summed E-state index contributed by atoms with van der Waals surface area (Å²) in [6.07, 6.45) is 7.07. The van der Waals surface area contributed by atoms with Crippen molar-refractivity contribution in [3.8, 4) is 0 Å². The van der Waals surface area contributed by atoms with Crippen molar-refractivity contribution in [2.24, 2.45) is 11.7 Å². The number of carbonyl (C=O) groups is 1. The van der Waals surface area contributed by atoms with E-state index in [9.17, 15) is 14.9 Å². The Morgan fingerprint density at radius 2 is 1.79 bits per heavy atom. The first-order chi connectivity index (χ1) is 16.4. The number of nitrogen functional groups attached to an aromatic ring is 1. The number of nitrogens with two attached hydrogens (primary N) is 2. The van der Waals surface area contributed by atoms with E-state index in [0.717, 1.165) is 50.5 Å². The summed E-state index contributed by atoms with van der Waals surface area (Å²) in [7, 11) is 0. The molecule has 2 heterocycles. The lowest BCUT2D eigenvalue weighted by Gasteiger charge is -2.31. The maximum Gasteiger partial charge on any atom is 0.332 e. The first kappa shape index (κ1) is 23.9. The number of carbonyl (C=O) groups excluding carboxylic acids is 1. The van der Waals surface area contributed by atoms with Crippen LogP contribution in [0, 0.1) is 16.0 Å². The molecular formula is C24H33N7O3. The third-order valence-corrected chi connectivity index (χ3v) is 6.86. The zero-order chi connectivity index (χ0) is 24.1. The second kappa shape index (κ2) is 10.8. The van der Waals surface area contributed by atoms with Crippen LogP contribution in [0.2, 0.25) is 0 Å². The molecular weight excluding hydrogens is 434 g/mol. The Bertz CT molecular complexity index is 1000. The lowest BCUT2D eigenvalue weighted by Crippen LogP contribution is -2.41. The minimum absolute atomic E-state index is 0.0609. The molecule has 1 aromatic heterocycles. The Morgan fingerprint density at radius 3 is 2.44 bits per heavy atom. The van der Waals surface area contributed by atoms with E-state index >= 15 is 0 Å². The van der Waals surface area contributed by atoms with Gasteiger partial charge in [-0.1, -0.05) is 30.3 Å². The van der Waals surface area contributed by atoms with Gasteiger partial charge in [-0.2, -0.15) is 4.98 Å². The van der Waals surface area contributed by atoms with Gasteiger partial charge in [0.15, 0.2) is 0 Å². The molecule has 1 aliphatic carbocycles. The second-order valence-electron chi connectivity index (χ2n) is 9.34. The van der Waals surface area contributed by atoms with Crippen LogP contribution in [0.3, 0.4) is 0 Å². The summed E-state index contributed by atoms with van der Waals surface area (Å²) in [4.78, 5) is 35.2. The van der Waals surface area contributed by atoms with E-state index in [1.807, 2.05) is 35.2 Å². The first-order valence-electron chi connectivity index (χ1n) is 12.1. The lowest BCUT2D eigenvalue weighted by atomic mass is 9.83. The molecule has 182 valence electrons. The van der Waals surface area contributed by atoms with Gasteiger partial charge in [0.05, 0.1) is 4.92 Å². The summed E-state index contributed by atoms with van der Waals surface area (Å²) < 4.78 is 0. The van der Waals surface area contributed by atoms with Crippen LogP contribution >= 0.6 is 0 Å². The summed E-state index contributed by atoms with van der Waals surface area (Å²) in [5, 5.41) is 14.9. The van der Waals surface area contributed by atoms with E-state index < -0.39 is 11.0 Å². The molecule has 4 rings (SSSR count). The molecule has 2 aromatic rings. The number of nitrogens with one attached hydrogen (secondary N) is 1. The number of nitro groups is 1. The second-order valence-corrected chi connectivity index (χ2v) is 9.34. The van der Waals surface area contributed by atoms with Crippen LogP contribution in [0.15, 0.2) is 30.3 Å². The van der Waals surface area contributed by atoms with E-state index in [1.54, 1.807) is 0 Å². The van der Waals surface area contributed by atoms with E-state index in [2.05, 4.69) is 15.3 Å². The maximum absolute atomic E-state index is 13.5. The molecule has 1 aliphatic heterocycles. The molecule has 34 heavy (non-hydrogen) atoms. The highest BCUT2D eigenvalue weighted by molar-refractivity contribution is 5.86. The standard InChI is InChI=1S/C24H33N7O3/c25-18-11-9-16(10-12-18)15-19-21(31(33)34)22(26)29-24(27-19)28-20(17-7-3-1-4-8-17)23(32)30-13-5-2-6-14-30/h1,3-4,7-8,16,18,20H,2,5-6,9-15,25H2,(H3,26,27,28,29)/t16-,18-,20-/m0/s1. The van der Waals surface area contributed by atoms with Crippen molar-refractivity contribution < 1.29 is 9.72 Å². The molecule has 0 radical (unpaired) electrons. The fraction of sp³-hybridized carbons (Fsp3) is 0.542. The predicted octanol–water partition coefficient (Wildman–Crippen LogP) is 3.19. The summed E-state index contributed by atoms with van der Waals surface area (Å²) in [6, 6.07) is 8.86. The molecule has 10 heteroatoms. The van der Waals surface area contributed by atoms with E-state index in [4.69, 9.17) is 11.5 Å². The van der Waals surface area contributed by atoms with E-state index in [0.29, 0.717) is 25.2 Å². The van der Waals surface area contributed by atoms with Crippen LogP contribution in [0.1, 0.15) is 62.2 Å². The van der Waals surface area contributed by atoms with Gasteiger partial charge in [-0.3, -0.25) is 14.9 Å². The highest BCUT2D eigenvalue weighted by Gasteiger charge is 2.31. The summed E-state index contributed by atoms with van der Waals surface area (Å²) in [5.41, 5.74) is 12.9. The maximum atomic E-state index is 13.5. The Kier molecular flexibility index (Phi) is 7.56. The average molecular weight is 468 g/mol. The van der Waals surface area contributed by atoms with Gasteiger partial charge < -0.3 is 21.7 Å². The monoisotopic (exact) mass is 467 g/mol. The average Bonchev–Trinajstić information content (AvgIpc) is 2.84. The van der Waals surface area contributed by atoms with Crippen LogP contribution in [0.4, 0.5) is 17.5 Å². The SMILES string of the molecule is Nc1nc(N[C@H](C(=O)N2CCCCC2)c2ccccc2)nc(C[C@H]2CC[C@H](N)CC2)c1[N+](=O)[O-]. The van der Waals surface area contributed by atoms with Crippen molar-refractivity contribution in [3.05, 3.63) is 51.7 Å². The molecule has 5 N–H and O–H groups in total. The molecule has 2 aliphatic rings. The van der Waals surface area contributed by atoms with Gasteiger partial charge in [0.1, 0.15) is 11.7 Å². The first-order valence-corrected chi connectivity index (χ1v) is 12.1. The highest BCUT2D eigenvalue weighted by Crippen LogP contribution is 2.33. The van der Waals surface area contributed by atoms with Gasteiger partial charge >= 0.3 is 5.69 Å². The number of piperidine rings is 1. The molecule has 2 fully saturated rings. The molecule has 1 saturated carbocycles. The number of likely N-dealkylation sites (tertiary alicyclic amines) is 1. The van der Waals surface area contributed by atoms with E-state index in [-0.39, 0.29) is 35.3 Å². The van der Waals surface area contributed by atoms with Gasteiger partial charge in [-0.25, -0.2) is 4.98 Å². The zero-order valence-electron chi connectivity index (χ0n) is 19.4. The van der Waals surface area contributed by atoms with Crippen LogP contribution in [0.5, 0.6) is 0 Å². The number of rotatable bonds is 7. The lowest BCUT2D eigenvalue weighted by molar-refractivity contribution is -0.385. The van der Waals surface area contributed by atoms with Crippen molar-refractivity contribution in [1.29, 1.82) is 0 Å². The largest absolute Gasteiger partial charge is 0.378 e. The van der Waals surface area contributed by atoms with Gasteiger partial charge in [-0.05, 0) is 62.8 Å². The van der Waals surface area contributed by atoms with Crippen molar-refractivity contribution in [3.63, 3.8) is 0 Å². The molecule has 10 nitrogen and oxygen atoms in total. The van der Waals surface area contributed by atoms with Crippen molar-refractivity contribution in [1.82, 2.24) is 14.9 Å². The number of amides is 1. The van der Waals surface area contributed by atoms with Gasteiger partial charge in [0.25, 0.3) is 0 Å². The molecule has 0 unspecified atom stereocenters. The number of anilines is 2. The normalized spacial score (nSPS) is 21.6. The molecule has 0 spiro atoms. The van der Waals surface area contributed by atoms with Crippen molar-refractivity contribution in [2.45, 2.75) is 63.5 Å². The van der Waals surface area contributed by atoms with Gasteiger partial charge in [0.2, 0.25) is 17.7 Å². The summed E-state index contributed by atoms with van der Waals surface area (Å²) in [6.45, 7) is 1.42. The Hall–Kier alpha value is -3.27. The molecule has 1 saturated heterocycles. The number of hydrogen-bond acceptors (Lipinski definition) is 8. The predicted molar refractivity (Wildman–Crippen MR) is 130 cm³/mol. The van der Waals surface area contributed by atoms with Crippen LogP contribution in [0.25, 0.3) is 0 Å². The Morgan fingerprint density at radius 1 is 1.12 bits per heavy atom. The topological polar surface area (TPSA) is 153 Å². The number of benzene rings is 1.